The largest absolute Gasteiger partial charge is 0.303 e. The third kappa shape index (κ3) is 4.46. The molecule has 1 atom stereocenters. The van der Waals surface area contributed by atoms with Gasteiger partial charge in [0, 0.05) is 6.42 Å². The van der Waals surface area contributed by atoms with Crippen molar-refractivity contribution in [1.29, 1.82) is 0 Å². The fourth-order valence-electron chi connectivity index (χ4n) is 1.36. The van der Waals surface area contributed by atoms with E-state index in [0.29, 0.717) is 6.42 Å². The van der Waals surface area contributed by atoms with Crippen LogP contribution in [0.15, 0.2) is 30.3 Å². The van der Waals surface area contributed by atoms with Crippen LogP contribution >= 0.6 is 0 Å². The number of benzene rings is 1. The average molecular weight is 230 g/mol. The number of aldehydes is 1. The molecule has 1 unspecified atom stereocenters. The number of carbonyl (C=O) groups is 1. The fraction of sp³-hybridized carbons (Fsp3) is 0.357. The van der Waals surface area contributed by atoms with Gasteiger partial charge in [-0.25, -0.2) is 0 Å². The number of hydrogen-bond donors (Lipinski definition) is 0. The minimum atomic E-state index is -1.36. The van der Waals surface area contributed by atoms with Gasteiger partial charge >= 0.3 is 0 Å². The Morgan fingerprint density at radius 3 is 2.38 bits per heavy atom. The van der Waals surface area contributed by atoms with Crippen molar-refractivity contribution in [2.24, 2.45) is 0 Å². The van der Waals surface area contributed by atoms with Gasteiger partial charge in [-0.15, -0.1) is 11.5 Å². The molecule has 0 aliphatic heterocycles. The Balaban J connectivity index is 2.91. The SMILES string of the molecule is C[Si](C)(C)C#CC(CC=O)c1ccccc1. The van der Waals surface area contributed by atoms with Gasteiger partial charge in [0.25, 0.3) is 0 Å². The summed E-state index contributed by atoms with van der Waals surface area (Å²) in [6.45, 7) is 6.63. The first-order valence-electron chi connectivity index (χ1n) is 5.54. The normalized spacial score (nSPS) is 12.4. The lowest BCUT2D eigenvalue weighted by Gasteiger charge is -2.09. The molecule has 0 saturated heterocycles. The topological polar surface area (TPSA) is 17.1 Å². The van der Waals surface area contributed by atoms with Crippen LogP contribution in [0.3, 0.4) is 0 Å². The van der Waals surface area contributed by atoms with Crippen LogP contribution in [0, 0.1) is 11.5 Å². The molecule has 0 heterocycles. The van der Waals surface area contributed by atoms with Gasteiger partial charge in [0.15, 0.2) is 0 Å². The van der Waals surface area contributed by atoms with E-state index in [2.05, 4.69) is 31.1 Å². The lowest BCUT2D eigenvalue weighted by Crippen LogP contribution is -2.17. The smallest absolute Gasteiger partial charge is 0.129 e. The minimum absolute atomic E-state index is 0.0606. The monoisotopic (exact) mass is 230 g/mol. The minimum Gasteiger partial charge on any atom is -0.303 e. The van der Waals surface area contributed by atoms with Gasteiger partial charge in [-0.05, 0) is 5.56 Å². The Bertz CT molecular complexity index is 392. The van der Waals surface area contributed by atoms with Gasteiger partial charge < -0.3 is 4.79 Å². The molecule has 0 aromatic heterocycles. The summed E-state index contributed by atoms with van der Waals surface area (Å²) in [6, 6.07) is 10.0. The Morgan fingerprint density at radius 1 is 1.25 bits per heavy atom. The molecule has 0 spiro atoms. The second kappa shape index (κ2) is 5.67. The van der Waals surface area contributed by atoms with Gasteiger partial charge in [0.2, 0.25) is 0 Å². The third-order valence-corrected chi connectivity index (χ3v) is 3.05. The van der Waals surface area contributed by atoms with Crippen molar-refractivity contribution in [1.82, 2.24) is 0 Å². The Labute approximate surface area is 98.9 Å². The second-order valence-electron chi connectivity index (χ2n) is 4.88. The lowest BCUT2D eigenvalue weighted by atomic mass is 9.97. The van der Waals surface area contributed by atoms with Crippen LogP contribution < -0.4 is 0 Å². The van der Waals surface area contributed by atoms with Crippen molar-refractivity contribution in [3.63, 3.8) is 0 Å². The van der Waals surface area contributed by atoms with Crippen molar-refractivity contribution in [2.45, 2.75) is 32.0 Å². The van der Waals surface area contributed by atoms with Crippen LogP contribution in [0.25, 0.3) is 0 Å². The number of hydrogen-bond acceptors (Lipinski definition) is 1. The highest BCUT2D eigenvalue weighted by Gasteiger charge is 2.11. The molecule has 0 bridgehead atoms. The van der Waals surface area contributed by atoms with Crippen LogP contribution in [0.5, 0.6) is 0 Å². The van der Waals surface area contributed by atoms with Crippen molar-refractivity contribution >= 4 is 14.4 Å². The summed E-state index contributed by atoms with van der Waals surface area (Å²) in [5, 5.41) is 0. The van der Waals surface area contributed by atoms with Crippen molar-refractivity contribution in [3.8, 4) is 11.5 Å². The molecule has 1 nitrogen and oxygen atoms in total. The Morgan fingerprint density at radius 2 is 1.88 bits per heavy atom. The summed E-state index contributed by atoms with van der Waals surface area (Å²) in [5.74, 6) is 3.32. The molecule has 84 valence electrons. The molecule has 0 N–H and O–H groups in total. The van der Waals surface area contributed by atoms with Gasteiger partial charge in [-0.3, -0.25) is 0 Å². The van der Waals surface area contributed by atoms with E-state index in [1.165, 1.54) is 0 Å². The molecule has 0 saturated carbocycles. The highest BCUT2D eigenvalue weighted by Crippen LogP contribution is 2.17. The van der Waals surface area contributed by atoms with E-state index in [1.54, 1.807) is 0 Å². The zero-order valence-electron chi connectivity index (χ0n) is 10.2. The first-order valence-corrected chi connectivity index (χ1v) is 9.04. The molecular weight excluding hydrogens is 212 g/mol. The van der Waals surface area contributed by atoms with Crippen LogP contribution in [0.1, 0.15) is 17.9 Å². The van der Waals surface area contributed by atoms with Crippen molar-refractivity contribution < 1.29 is 4.79 Å². The number of carbonyl (C=O) groups excluding carboxylic acids is 1. The van der Waals surface area contributed by atoms with Crippen molar-refractivity contribution in [3.05, 3.63) is 35.9 Å². The van der Waals surface area contributed by atoms with E-state index in [-0.39, 0.29) is 5.92 Å². The standard InChI is InChI=1S/C14H18OSi/c1-16(2,3)12-10-14(9-11-15)13-7-5-4-6-8-13/h4-8,11,14H,9H2,1-3H3. The first-order chi connectivity index (χ1) is 7.53. The molecule has 1 aromatic carbocycles. The van der Waals surface area contributed by atoms with E-state index in [0.717, 1.165) is 11.8 Å². The van der Waals surface area contributed by atoms with E-state index < -0.39 is 8.07 Å². The summed E-state index contributed by atoms with van der Waals surface area (Å²) in [7, 11) is -1.36. The van der Waals surface area contributed by atoms with E-state index in [1.807, 2.05) is 30.3 Å². The molecule has 0 fully saturated rings. The van der Waals surface area contributed by atoms with Crippen LogP contribution in [-0.4, -0.2) is 14.4 Å². The highest BCUT2D eigenvalue weighted by atomic mass is 28.3. The Hall–Kier alpha value is -1.33. The van der Waals surface area contributed by atoms with Crippen molar-refractivity contribution in [2.75, 3.05) is 0 Å². The van der Waals surface area contributed by atoms with E-state index >= 15 is 0 Å². The van der Waals surface area contributed by atoms with E-state index in [4.69, 9.17) is 0 Å². The van der Waals surface area contributed by atoms with Gasteiger partial charge in [-0.1, -0.05) is 50.0 Å². The molecule has 16 heavy (non-hydrogen) atoms. The highest BCUT2D eigenvalue weighted by molar-refractivity contribution is 6.83. The average Bonchev–Trinajstić information content (AvgIpc) is 2.24. The summed E-state index contributed by atoms with van der Waals surface area (Å²) >= 11 is 0. The third-order valence-electron chi connectivity index (χ3n) is 2.16. The maximum atomic E-state index is 10.7. The summed E-state index contributed by atoms with van der Waals surface area (Å²) < 4.78 is 0. The van der Waals surface area contributed by atoms with Crippen LogP contribution in [-0.2, 0) is 4.79 Å². The molecule has 0 aliphatic rings. The molecule has 0 aliphatic carbocycles. The predicted octanol–water partition coefficient (Wildman–Crippen LogP) is 3.24. The molecule has 0 radical (unpaired) electrons. The van der Waals surface area contributed by atoms with Gasteiger partial charge in [0.05, 0.1) is 5.92 Å². The fourth-order valence-corrected chi connectivity index (χ4v) is 1.97. The number of rotatable bonds is 3. The van der Waals surface area contributed by atoms with Crippen LogP contribution in [0.4, 0.5) is 0 Å². The zero-order valence-corrected chi connectivity index (χ0v) is 11.2. The maximum absolute atomic E-state index is 10.7. The molecule has 1 aromatic rings. The summed E-state index contributed by atoms with van der Waals surface area (Å²) in [6.07, 6.45) is 1.44. The predicted molar refractivity (Wildman–Crippen MR) is 71.0 cm³/mol. The second-order valence-corrected chi connectivity index (χ2v) is 9.63. The zero-order chi connectivity index (χ0) is 12.0. The maximum Gasteiger partial charge on any atom is 0.129 e. The molecule has 0 amide bonds. The molecule has 1 rings (SSSR count). The summed E-state index contributed by atoms with van der Waals surface area (Å²) in [5.41, 5.74) is 4.47. The molecular formula is C14H18OSi. The lowest BCUT2D eigenvalue weighted by molar-refractivity contribution is -0.107. The quantitative estimate of drug-likeness (QED) is 0.442. The van der Waals surface area contributed by atoms with Crippen LogP contribution in [0.2, 0.25) is 19.6 Å². The molecule has 2 heteroatoms. The van der Waals surface area contributed by atoms with Gasteiger partial charge in [0.1, 0.15) is 14.4 Å². The Kier molecular flexibility index (Phi) is 4.51. The summed E-state index contributed by atoms with van der Waals surface area (Å²) in [4.78, 5) is 10.7. The van der Waals surface area contributed by atoms with Gasteiger partial charge in [-0.2, -0.15) is 0 Å². The van der Waals surface area contributed by atoms with E-state index in [9.17, 15) is 4.79 Å². The first kappa shape index (κ1) is 12.7.